The van der Waals surface area contributed by atoms with E-state index in [4.69, 9.17) is 4.74 Å². The average Bonchev–Trinajstić information content (AvgIpc) is 2.53. The summed E-state index contributed by atoms with van der Waals surface area (Å²) in [7, 11) is -2.16. The van der Waals surface area contributed by atoms with Gasteiger partial charge in [0.25, 0.3) is 0 Å². The third-order valence-corrected chi connectivity index (χ3v) is 5.66. The van der Waals surface area contributed by atoms with Crippen LogP contribution in [0.1, 0.15) is 23.1 Å². The van der Waals surface area contributed by atoms with Crippen molar-refractivity contribution in [1.82, 2.24) is 4.72 Å². The van der Waals surface area contributed by atoms with Crippen LogP contribution < -0.4 is 14.8 Å². The minimum Gasteiger partial charge on any atom is -0.495 e. The van der Waals surface area contributed by atoms with Gasteiger partial charge >= 0.3 is 0 Å². The van der Waals surface area contributed by atoms with Crippen LogP contribution >= 0.6 is 0 Å². The van der Waals surface area contributed by atoms with Crippen molar-refractivity contribution in [2.24, 2.45) is 0 Å². The van der Waals surface area contributed by atoms with Crippen LogP contribution in [0, 0.1) is 20.8 Å². The van der Waals surface area contributed by atoms with Crippen LogP contribution in [0.3, 0.4) is 0 Å². The lowest BCUT2D eigenvalue weighted by Crippen LogP contribution is -2.29. The Morgan fingerprint density at radius 1 is 1.08 bits per heavy atom. The number of nitrogens with one attached hydrogen (secondary N) is 2. The van der Waals surface area contributed by atoms with E-state index < -0.39 is 10.0 Å². The molecule has 140 valence electrons. The summed E-state index contributed by atoms with van der Waals surface area (Å²) >= 11 is 0. The molecule has 0 bridgehead atoms. The molecule has 0 saturated carbocycles. The van der Waals surface area contributed by atoms with Gasteiger partial charge in [-0.3, -0.25) is 4.79 Å². The quantitative estimate of drug-likeness (QED) is 0.778. The number of para-hydroxylation sites is 2. The molecule has 0 aromatic heterocycles. The number of carbonyl (C=O) groups excluding carboxylic acids is 1. The van der Waals surface area contributed by atoms with Gasteiger partial charge < -0.3 is 10.1 Å². The summed E-state index contributed by atoms with van der Waals surface area (Å²) in [5.41, 5.74) is 2.94. The molecule has 2 N–H and O–H groups in total. The standard InChI is InChI=1S/C19H24N2O4S/c1-13-11-14(2)19(15(3)12-13)26(23,24)20-10-9-18(22)21-16-7-5-6-8-17(16)25-4/h5-8,11-12,20H,9-10H2,1-4H3,(H,21,22). The van der Waals surface area contributed by atoms with Gasteiger partial charge in [0.1, 0.15) is 5.75 Å². The Balaban J connectivity index is 1.99. The third-order valence-electron chi connectivity index (χ3n) is 3.90. The molecule has 0 spiro atoms. The Morgan fingerprint density at radius 2 is 1.69 bits per heavy atom. The Kier molecular flexibility index (Phi) is 6.39. The minimum absolute atomic E-state index is 0.00999. The molecule has 2 rings (SSSR count). The normalized spacial score (nSPS) is 11.2. The molecular weight excluding hydrogens is 352 g/mol. The van der Waals surface area contributed by atoms with Gasteiger partial charge in [-0.25, -0.2) is 13.1 Å². The smallest absolute Gasteiger partial charge is 0.241 e. The third kappa shape index (κ3) is 4.83. The van der Waals surface area contributed by atoms with Gasteiger partial charge in [-0.1, -0.05) is 29.8 Å². The van der Waals surface area contributed by atoms with Crippen LogP contribution in [0.5, 0.6) is 5.75 Å². The highest BCUT2D eigenvalue weighted by Crippen LogP contribution is 2.23. The van der Waals surface area contributed by atoms with E-state index in [-0.39, 0.29) is 23.8 Å². The highest BCUT2D eigenvalue weighted by molar-refractivity contribution is 7.89. The number of hydrogen-bond acceptors (Lipinski definition) is 4. The number of rotatable bonds is 7. The number of benzene rings is 2. The lowest BCUT2D eigenvalue weighted by Gasteiger charge is -2.13. The number of aryl methyl sites for hydroxylation is 3. The highest BCUT2D eigenvalue weighted by Gasteiger charge is 2.20. The molecule has 6 nitrogen and oxygen atoms in total. The molecule has 2 aromatic rings. The summed E-state index contributed by atoms with van der Waals surface area (Å²) < 4.78 is 32.8. The maximum Gasteiger partial charge on any atom is 0.241 e. The lowest BCUT2D eigenvalue weighted by atomic mass is 10.1. The highest BCUT2D eigenvalue weighted by atomic mass is 32.2. The van der Waals surface area contributed by atoms with E-state index in [1.165, 1.54) is 7.11 Å². The largest absolute Gasteiger partial charge is 0.495 e. The Morgan fingerprint density at radius 3 is 2.31 bits per heavy atom. The summed E-state index contributed by atoms with van der Waals surface area (Å²) in [5, 5.41) is 2.72. The summed E-state index contributed by atoms with van der Waals surface area (Å²) in [6, 6.07) is 10.7. The van der Waals surface area contributed by atoms with Gasteiger partial charge in [-0.15, -0.1) is 0 Å². The fourth-order valence-electron chi connectivity index (χ4n) is 2.92. The van der Waals surface area contributed by atoms with E-state index in [0.717, 1.165) is 5.56 Å². The molecule has 2 aromatic carbocycles. The first-order valence-electron chi connectivity index (χ1n) is 8.25. The first-order chi connectivity index (χ1) is 12.2. The van der Waals surface area contributed by atoms with Crippen LogP contribution in [-0.4, -0.2) is 28.0 Å². The number of methoxy groups -OCH3 is 1. The van der Waals surface area contributed by atoms with Gasteiger partial charge in [0, 0.05) is 13.0 Å². The Hall–Kier alpha value is -2.38. The van der Waals surface area contributed by atoms with Crippen molar-refractivity contribution in [3.63, 3.8) is 0 Å². The zero-order valence-corrected chi connectivity index (χ0v) is 16.2. The van der Waals surface area contributed by atoms with E-state index >= 15 is 0 Å². The minimum atomic E-state index is -3.67. The van der Waals surface area contributed by atoms with Crippen LogP contribution in [0.25, 0.3) is 0 Å². The maximum atomic E-state index is 12.6. The van der Waals surface area contributed by atoms with Gasteiger partial charge in [0.2, 0.25) is 15.9 Å². The molecule has 0 aliphatic rings. The molecule has 7 heteroatoms. The maximum absolute atomic E-state index is 12.6. The number of hydrogen-bond donors (Lipinski definition) is 2. The molecular formula is C19H24N2O4S. The molecule has 0 heterocycles. The number of anilines is 1. The Bertz CT molecular complexity index is 885. The second-order valence-electron chi connectivity index (χ2n) is 6.12. The molecule has 26 heavy (non-hydrogen) atoms. The van der Waals surface area contributed by atoms with Gasteiger partial charge in [-0.2, -0.15) is 0 Å². The Labute approximate surface area is 154 Å². The first-order valence-corrected chi connectivity index (χ1v) is 9.73. The number of amides is 1. The molecule has 0 aliphatic carbocycles. The van der Waals surface area contributed by atoms with Gasteiger partial charge in [-0.05, 0) is 44.0 Å². The zero-order chi connectivity index (χ0) is 19.3. The van der Waals surface area contributed by atoms with E-state index in [1.54, 1.807) is 38.1 Å². The molecule has 0 saturated heterocycles. The number of sulfonamides is 1. The summed E-state index contributed by atoms with van der Waals surface area (Å²) in [6.07, 6.45) is 0.0151. The monoisotopic (exact) mass is 376 g/mol. The fraction of sp³-hybridized carbons (Fsp3) is 0.316. The van der Waals surface area contributed by atoms with E-state index in [1.807, 2.05) is 19.1 Å². The average molecular weight is 376 g/mol. The lowest BCUT2D eigenvalue weighted by molar-refractivity contribution is -0.116. The predicted octanol–water partition coefficient (Wildman–Crippen LogP) is 2.93. The van der Waals surface area contributed by atoms with E-state index in [2.05, 4.69) is 10.0 Å². The van der Waals surface area contributed by atoms with Gasteiger partial charge in [0.15, 0.2) is 0 Å². The van der Waals surface area contributed by atoms with Gasteiger partial charge in [0.05, 0.1) is 17.7 Å². The van der Waals surface area contributed by atoms with Crippen molar-refractivity contribution < 1.29 is 17.9 Å². The van der Waals surface area contributed by atoms with Crippen molar-refractivity contribution in [2.45, 2.75) is 32.1 Å². The predicted molar refractivity (Wildman–Crippen MR) is 102 cm³/mol. The molecule has 0 atom stereocenters. The van der Waals surface area contributed by atoms with Crippen molar-refractivity contribution in [2.75, 3.05) is 19.0 Å². The fourth-order valence-corrected chi connectivity index (χ4v) is 4.40. The summed E-state index contributed by atoms with van der Waals surface area (Å²) in [6.45, 7) is 5.47. The number of ether oxygens (including phenoxy) is 1. The van der Waals surface area contributed by atoms with E-state index in [9.17, 15) is 13.2 Å². The van der Waals surface area contributed by atoms with Crippen molar-refractivity contribution in [3.8, 4) is 5.75 Å². The van der Waals surface area contributed by atoms with Crippen molar-refractivity contribution in [1.29, 1.82) is 0 Å². The van der Waals surface area contributed by atoms with Crippen molar-refractivity contribution >= 4 is 21.6 Å². The second kappa shape index (κ2) is 8.33. The van der Waals surface area contributed by atoms with Crippen LogP contribution in [0.15, 0.2) is 41.3 Å². The topological polar surface area (TPSA) is 84.5 Å². The zero-order valence-electron chi connectivity index (χ0n) is 15.4. The molecule has 0 aliphatic heterocycles. The second-order valence-corrected chi connectivity index (χ2v) is 7.83. The van der Waals surface area contributed by atoms with Crippen molar-refractivity contribution in [3.05, 3.63) is 53.1 Å². The molecule has 1 amide bonds. The summed E-state index contributed by atoms with van der Waals surface area (Å²) in [5.74, 6) is 0.252. The van der Waals surface area contributed by atoms with Crippen LogP contribution in [0.2, 0.25) is 0 Å². The van der Waals surface area contributed by atoms with E-state index in [0.29, 0.717) is 22.6 Å². The summed E-state index contributed by atoms with van der Waals surface area (Å²) in [4.78, 5) is 12.4. The van der Waals surface area contributed by atoms with Crippen LogP contribution in [0.4, 0.5) is 5.69 Å². The molecule has 0 unspecified atom stereocenters. The van der Waals surface area contributed by atoms with Crippen LogP contribution in [-0.2, 0) is 14.8 Å². The number of carbonyl (C=O) groups is 1. The SMILES string of the molecule is COc1ccccc1NC(=O)CCNS(=O)(=O)c1c(C)cc(C)cc1C. The molecule has 0 radical (unpaired) electrons. The molecule has 0 fully saturated rings. The first kappa shape index (κ1) is 19.9.